The van der Waals surface area contributed by atoms with Crippen molar-refractivity contribution >= 4 is 51.3 Å². The molecule has 0 radical (unpaired) electrons. The highest BCUT2D eigenvalue weighted by atomic mass is 79.9. The van der Waals surface area contributed by atoms with Crippen LogP contribution in [0.4, 0.5) is 0 Å². The van der Waals surface area contributed by atoms with Gasteiger partial charge in [0.15, 0.2) is 0 Å². The zero-order chi connectivity index (χ0) is 10.7. The molecule has 1 aromatic rings. The third-order valence-corrected chi connectivity index (χ3v) is 4.97. The number of thiophene rings is 1. The van der Waals surface area contributed by atoms with Crippen LogP contribution >= 0.6 is 51.3 Å². The van der Waals surface area contributed by atoms with Crippen LogP contribution in [0.1, 0.15) is 11.3 Å². The number of hydrogen-bond donors (Lipinski definition) is 1. The lowest BCUT2D eigenvalue weighted by Gasteiger charge is -2.17. The second-order valence-electron chi connectivity index (χ2n) is 3.71. The van der Waals surface area contributed by atoms with Crippen LogP contribution in [-0.4, -0.2) is 31.1 Å². The Morgan fingerprint density at radius 2 is 2.25 bits per heavy atom. The van der Waals surface area contributed by atoms with Crippen molar-refractivity contribution in [3.8, 4) is 0 Å². The first-order valence-corrected chi connectivity index (χ1v) is 7.11. The molecule has 1 aliphatic rings. The largest absolute Gasteiger partial charge is 0.315 e. The van der Waals surface area contributed by atoms with Gasteiger partial charge in [-0.2, -0.15) is 0 Å². The zero-order valence-corrected chi connectivity index (χ0v) is 12.8. The maximum Gasteiger partial charge on any atom is 0.107 e. The summed E-state index contributed by atoms with van der Waals surface area (Å²) in [6.07, 6.45) is 1.24. The summed E-state index contributed by atoms with van der Waals surface area (Å²) in [5.41, 5.74) is 0. The SMILES string of the molecule is Cl.Clc1sc(CN2CCCNCC2)cc1Br. The monoisotopic (exact) mass is 344 g/mol. The minimum absolute atomic E-state index is 0. The van der Waals surface area contributed by atoms with Gasteiger partial charge in [0.05, 0.1) is 0 Å². The summed E-state index contributed by atoms with van der Waals surface area (Å²) in [6.45, 7) is 5.58. The third-order valence-electron chi connectivity index (χ3n) is 2.51. The number of rotatable bonds is 2. The third kappa shape index (κ3) is 4.17. The summed E-state index contributed by atoms with van der Waals surface area (Å²) in [4.78, 5) is 3.82. The molecular formula is C10H15BrCl2N2S. The average Bonchev–Trinajstić information content (AvgIpc) is 2.45. The van der Waals surface area contributed by atoms with E-state index in [1.807, 2.05) is 0 Å². The molecule has 2 rings (SSSR count). The lowest BCUT2D eigenvalue weighted by Crippen LogP contribution is -2.27. The van der Waals surface area contributed by atoms with Crippen molar-refractivity contribution in [2.24, 2.45) is 0 Å². The molecule has 1 saturated heterocycles. The van der Waals surface area contributed by atoms with Gasteiger partial charge in [-0.05, 0) is 41.5 Å². The molecule has 92 valence electrons. The Bertz CT molecular complexity index is 305. The Labute approximate surface area is 120 Å². The van der Waals surface area contributed by atoms with Gasteiger partial charge >= 0.3 is 0 Å². The van der Waals surface area contributed by atoms with E-state index in [0.717, 1.165) is 35.0 Å². The van der Waals surface area contributed by atoms with E-state index in [2.05, 4.69) is 32.2 Å². The Morgan fingerprint density at radius 3 is 2.94 bits per heavy atom. The lowest BCUT2D eigenvalue weighted by molar-refractivity contribution is 0.287. The molecular weight excluding hydrogens is 331 g/mol. The Morgan fingerprint density at radius 1 is 1.44 bits per heavy atom. The topological polar surface area (TPSA) is 15.3 Å². The summed E-state index contributed by atoms with van der Waals surface area (Å²) in [7, 11) is 0. The summed E-state index contributed by atoms with van der Waals surface area (Å²) in [5, 5.41) is 3.41. The number of halogens is 3. The number of nitrogens with zero attached hydrogens (tertiary/aromatic N) is 1. The molecule has 0 aliphatic carbocycles. The molecule has 0 aromatic carbocycles. The average molecular weight is 346 g/mol. The highest BCUT2D eigenvalue weighted by molar-refractivity contribution is 9.10. The molecule has 2 heterocycles. The van der Waals surface area contributed by atoms with Crippen molar-refractivity contribution in [3.63, 3.8) is 0 Å². The Balaban J connectivity index is 0.00000128. The standard InChI is InChI=1S/C10H14BrClN2S.ClH/c11-9-6-8(15-10(9)12)7-14-4-1-2-13-3-5-14;/h6,13H,1-5,7H2;1H. The lowest BCUT2D eigenvalue weighted by atomic mass is 10.3. The molecule has 1 aliphatic heterocycles. The van der Waals surface area contributed by atoms with Gasteiger partial charge in [0.25, 0.3) is 0 Å². The second kappa shape index (κ2) is 7.19. The van der Waals surface area contributed by atoms with Crippen molar-refractivity contribution in [1.82, 2.24) is 10.2 Å². The van der Waals surface area contributed by atoms with E-state index in [-0.39, 0.29) is 12.4 Å². The van der Waals surface area contributed by atoms with E-state index < -0.39 is 0 Å². The van der Waals surface area contributed by atoms with Crippen LogP contribution in [0.5, 0.6) is 0 Å². The fourth-order valence-electron chi connectivity index (χ4n) is 1.75. The first kappa shape index (κ1) is 14.7. The molecule has 0 spiro atoms. The van der Waals surface area contributed by atoms with Crippen LogP contribution in [0.2, 0.25) is 4.34 Å². The Hall–Kier alpha value is 0.680. The molecule has 0 amide bonds. The molecule has 1 N–H and O–H groups in total. The Kier molecular flexibility index (Phi) is 6.62. The first-order chi connectivity index (χ1) is 7.25. The first-order valence-electron chi connectivity index (χ1n) is 5.12. The van der Waals surface area contributed by atoms with Gasteiger partial charge in [-0.25, -0.2) is 0 Å². The van der Waals surface area contributed by atoms with E-state index in [9.17, 15) is 0 Å². The fourth-order valence-corrected chi connectivity index (χ4v) is 3.58. The molecule has 0 bridgehead atoms. The van der Waals surface area contributed by atoms with Crippen LogP contribution in [0, 0.1) is 0 Å². The smallest absolute Gasteiger partial charge is 0.107 e. The van der Waals surface area contributed by atoms with Crippen LogP contribution in [0.15, 0.2) is 10.5 Å². The van der Waals surface area contributed by atoms with Crippen molar-refractivity contribution in [1.29, 1.82) is 0 Å². The molecule has 0 atom stereocenters. The van der Waals surface area contributed by atoms with E-state index in [1.165, 1.54) is 17.8 Å². The maximum atomic E-state index is 6.02. The van der Waals surface area contributed by atoms with Gasteiger partial charge < -0.3 is 5.32 Å². The maximum absolute atomic E-state index is 6.02. The molecule has 16 heavy (non-hydrogen) atoms. The predicted molar refractivity (Wildman–Crippen MR) is 77.0 cm³/mol. The summed E-state index contributed by atoms with van der Waals surface area (Å²) < 4.78 is 1.88. The normalized spacial score (nSPS) is 17.9. The summed E-state index contributed by atoms with van der Waals surface area (Å²) >= 11 is 11.1. The van der Waals surface area contributed by atoms with Crippen LogP contribution < -0.4 is 5.32 Å². The minimum atomic E-state index is 0. The van der Waals surface area contributed by atoms with Crippen LogP contribution in [-0.2, 0) is 6.54 Å². The van der Waals surface area contributed by atoms with E-state index in [1.54, 1.807) is 11.3 Å². The molecule has 2 nitrogen and oxygen atoms in total. The highest BCUT2D eigenvalue weighted by Gasteiger charge is 2.11. The van der Waals surface area contributed by atoms with Crippen molar-refractivity contribution in [2.45, 2.75) is 13.0 Å². The second-order valence-corrected chi connectivity index (χ2v) is 6.31. The predicted octanol–water partition coefficient (Wildman–Crippen LogP) is 3.38. The molecule has 1 aromatic heterocycles. The van der Waals surface area contributed by atoms with E-state index >= 15 is 0 Å². The number of hydrogen-bond acceptors (Lipinski definition) is 3. The van der Waals surface area contributed by atoms with Gasteiger partial charge in [0.2, 0.25) is 0 Å². The summed E-state index contributed by atoms with van der Waals surface area (Å²) in [5.74, 6) is 0. The minimum Gasteiger partial charge on any atom is -0.315 e. The van der Waals surface area contributed by atoms with Gasteiger partial charge in [-0.1, -0.05) is 11.6 Å². The fraction of sp³-hybridized carbons (Fsp3) is 0.600. The number of nitrogens with one attached hydrogen (secondary N) is 1. The van der Waals surface area contributed by atoms with E-state index in [0.29, 0.717) is 0 Å². The molecule has 0 unspecified atom stereocenters. The van der Waals surface area contributed by atoms with Crippen LogP contribution in [0.3, 0.4) is 0 Å². The summed E-state index contributed by atoms with van der Waals surface area (Å²) in [6, 6.07) is 2.13. The van der Waals surface area contributed by atoms with Crippen molar-refractivity contribution in [2.75, 3.05) is 26.2 Å². The van der Waals surface area contributed by atoms with Crippen molar-refractivity contribution < 1.29 is 0 Å². The highest BCUT2D eigenvalue weighted by Crippen LogP contribution is 2.32. The molecule has 0 saturated carbocycles. The van der Waals surface area contributed by atoms with Gasteiger partial charge in [-0.3, -0.25) is 4.90 Å². The van der Waals surface area contributed by atoms with Gasteiger partial charge in [-0.15, -0.1) is 23.7 Å². The quantitative estimate of drug-likeness (QED) is 0.883. The molecule has 6 heteroatoms. The van der Waals surface area contributed by atoms with E-state index in [4.69, 9.17) is 11.6 Å². The molecule has 1 fully saturated rings. The van der Waals surface area contributed by atoms with Crippen molar-refractivity contribution in [3.05, 3.63) is 19.8 Å². The van der Waals surface area contributed by atoms with Gasteiger partial charge in [0.1, 0.15) is 4.34 Å². The van der Waals surface area contributed by atoms with Crippen LogP contribution in [0.25, 0.3) is 0 Å². The zero-order valence-electron chi connectivity index (χ0n) is 8.84. The van der Waals surface area contributed by atoms with Gasteiger partial charge in [0, 0.05) is 29.0 Å².